The molecule has 7 heavy (non-hydrogen) atoms. The van der Waals surface area contributed by atoms with Gasteiger partial charge in [0.25, 0.3) is 0 Å². The second kappa shape index (κ2) is 9.38. The molecule has 0 aliphatic rings. The molecule has 0 amide bonds. The van der Waals surface area contributed by atoms with Crippen LogP contribution in [0.25, 0.3) is 0 Å². The topological polar surface area (TPSA) is 9.23 Å². The second-order valence-corrected chi connectivity index (χ2v) is 0.827. The minimum atomic E-state index is 0. The van der Waals surface area contributed by atoms with Crippen LogP contribution in [0.5, 0.6) is 0 Å². The van der Waals surface area contributed by atoms with Gasteiger partial charge in [0, 0.05) is 0 Å². The van der Waals surface area contributed by atoms with E-state index in [2.05, 4.69) is 6.92 Å². The molecule has 0 rings (SSSR count). The first-order chi connectivity index (χ1) is 2.91. The molecule has 1 nitrogen and oxygen atoms in total. The molecular weight excluding hydrogens is 83.0 g/mol. The first kappa shape index (κ1) is 10.1. The van der Waals surface area contributed by atoms with Gasteiger partial charge in [0.1, 0.15) is 0 Å². The summed E-state index contributed by atoms with van der Waals surface area (Å²) in [4.78, 5) is 0. The summed E-state index contributed by atoms with van der Waals surface area (Å²) >= 11 is 0. The summed E-state index contributed by atoms with van der Waals surface area (Å²) in [6, 6.07) is 0. The zero-order valence-electron chi connectivity index (χ0n) is 4.98. The third-order valence-electron chi connectivity index (χ3n) is 0.359. The smallest absolute Gasteiger partial charge is 0.586 e. The molecule has 0 N–H and O–H groups in total. The predicted molar refractivity (Wildman–Crippen MR) is 26.1 cm³/mol. The Bertz CT molecular complexity index is 43.3. The molecule has 0 aromatic carbocycles. The van der Waals surface area contributed by atoms with Crippen LogP contribution in [-0.2, 0) is 4.74 Å². The van der Waals surface area contributed by atoms with Crippen LogP contribution in [0.1, 0.15) is 6.92 Å². The van der Waals surface area contributed by atoms with Gasteiger partial charge in [-0.25, -0.2) is 6.92 Å². The summed E-state index contributed by atoms with van der Waals surface area (Å²) in [7, 11) is 0. The molecule has 0 atom stereocenters. The molecule has 2 heteroatoms. The van der Waals surface area contributed by atoms with Crippen molar-refractivity contribution in [2.24, 2.45) is 0 Å². The molecule has 0 spiro atoms. The summed E-state index contributed by atoms with van der Waals surface area (Å²) in [5.74, 6) is 0. The zero-order valence-corrected chi connectivity index (χ0v) is 4.98. The van der Waals surface area contributed by atoms with Gasteiger partial charge in [0.05, 0.1) is 6.61 Å². The fourth-order valence-electron chi connectivity index (χ4n) is 0.164. The van der Waals surface area contributed by atoms with Crippen molar-refractivity contribution < 1.29 is 23.6 Å². The van der Waals surface area contributed by atoms with Gasteiger partial charge in [-0.2, -0.15) is 6.08 Å². The first-order valence-corrected chi connectivity index (χ1v) is 1.97. The van der Waals surface area contributed by atoms with Crippen molar-refractivity contribution in [1.82, 2.24) is 0 Å². The maximum atomic E-state index is 4.74. The van der Waals surface area contributed by atoms with Crippen LogP contribution in [0, 0.1) is 6.92 Å². The third kappa shape index (κ3) is 10.7. The van der Waals surface area contributed by atoms with E-state index in [0.717, 1.165) is 6.61 Å². The Morgan fingerprint density at radius 2 is 2.29 bits per heavy atom. The van der Waals surface area contributed by atoms with Gasteiger partial charge in [-0.15, -0.1) is 0 Å². The Morgan fingerprint density at radius 1 is 1.71 bits per heavy atom. The van der Waals surface area contributed by atoms with Gasteiger partial charge < -0.3 is 4.74 Å². The van der Waals surface area contributed by atoms with Gasteiger partial charge in [-0.05, 0) is 6.92 Å². The molecule has 36 valence electrons. The molecular formula is C5H9LiO. The van der Waals surface area contributed by atoms with Crippen molar-refractivity contribution in [3.8, 4) is 0 Å². The summed E-state index contributed by atoms with van der Waals surface area (Å²) in [5, 5.41) is 0. The minimum Gasteiger partial charge on any atom is -0.586 e. The molecule has 0 radical (unpaired) electrons. The molecule has 0 fully saturated rings. The van der Waals surface area contributed by atoms with Crippen LogP contribution < -0.4 is 18.9 Å². The molecule has 0 unspecified atom stereocenters. The molecule has 0 heterocycles. The number of ether oxygens (including phenoxy) is 1. The Balaban J connectivity index is 0. The molecule has 0 saturated heterocycles. The number of allylic oxidation sites excluding steroid dienone is 1. The van der Waals surface area contributed by atoms with Crippen molar-refractivity contribution in [2.45, 2.75) is 6.92 Å². The maximum Gasteiger partial charge on any atom is 1.00 e. The van der Waals surface area contributed by atoms with E-state index >= 15 is 0 Å². The SMILES string of the molecule is [CH2-]/C=C/OCC.[Li+]. The van der Waals surface area contributed by atoms with Gasteiger partial charge >= 0.3 is 18.9 Å². The monoisotopic (exact) mass is 92.1 g/mol. The molecule has 0 aliphatic heterocycles. The maximum absolute atomic E-state index is 4.74. The Hall–Kier alpha value is 0.00740. The average Bonchev–Trinajstić information content (AvgIpc) is 1.61. The normalized spacial score (nSPS) is 8.14. The summed E-state index contributed by atoms with van der Waals surface area (Å²) in [6.07, 6.45) is 3.18. The predicted octanol–water partition coefficient (Wildman–Crippen LogP) is -1.63. The van der Waals surface area contributed by atoms with Crippen LogP contribution in [0.2, 0.25) is 0 Å². The summed E-state index contributed by atoms with van der Waals surface area (Å²) < 4.78 is 4.74. The fourth-order valence-corrected chi connectivity index (χ4v) is 0.164. The molecule has 0 aliphatic carbocycles. The van der Waals surface area contributed by atoms with Crippen molar-refractivity contribution in [2.75, 3.05) is 6.61 Å². The minimum absolute atomic E-state index is 0. The van der Waals surface area contributed by atoms with E-state index in [0.29, 0.717) is 0 Å². The van der Waals surface area contributed by atoms with Crippen LogP contribution in [0.4, 0.5) is 0 Å². The van der Waals surface area contributed by atoms with Crippen LogP contribution in [-0.4, -0.2) is 6.61 Å². The van der Waals surface area contributed by atoms with Gasteiger partial charge in [-0.1, -0.05) is 6.26 Å². The fraction of sp³-hybridized carbons (Fsp3) is 0.400. The van der Waals surface area contributed by atoms with Crippen molar-refractivity contribution in [1.29, 1.82) is 0 Å². The quantitative estimate of drug-likeness (QED) is 0.226. The molecule has 0 saturated carbocycles. The van der Waals surface area contributed by atoms with Gasteiger partial charge in [0.2, 0.25) is 0 Å². The van der Waals surface area contributed by atoms with Gasteiger partial charge in [0.15, 0.2) is 0 Å². The van der Waals surface area contributed by atoms with E-state index in [1.54, 1.807) is 12.3 Å². The van der Waals surface area contributed by atoms with Crippen LogP contribution in [0.3, 0.4) is 0 Å². The Labute approximate surface area is 56.9 Å². The first-order valence-electron chi connectivity index (χ1n) is 1.97. The van der Waals surface area contributed by atoms with Crippen LogP contribution >= 0.6 is 0 Å². The van der Waals surface area contributed by atoms with E-state index in [1.807, 2.05) is 6.92 Å². The Morgan fingerprint density at radius 3 is 2.43 bits per heavy atom. The molecule has 0 bridgehead atoms. The summed E-state index contributed by atoms with van der Waals surface area (Å²) in [5.41, 5.74) is 0. The Kier molecular flexibility index (Phi) is 13.5. The van der Waals surface area contributed by atoms with E-state index in [1.165, 1.54) is 0 Å². The second-order valence-electron chi connectivity index (χ2n) is 0.827. The standard InChI is InChI=1S/C5H9O.Li/c1-3-5-6-4-2;/h3,5H,1,4H2,2H3;/q-1;+1/b5-3+;. The summed E-state index contributed by atoms with van der Waals surface area (Å²) in [6.45, 7) is 6.08. The number of rotatable bonds is 2. The molecule has 0 aromatic rings. The van der Waals surface area contributed by atoms with E-state index < -0.39 is 0 Å². The molecule has 0 aromatic heterocycles. The third-order valence-corrected chi connectivity index (χ3v) is 0.359. The number of hydrogen-bond acceptors (Lipinski definition) is 1. The van der Waals surface area contributed by atoms with E-state index in [-0.39, 0.29) is 18.9 Å². The van der Waals surface area contributed by atoms with Crippen molar-refractivity contribution in [3.05, 3.63) is 19.3 Å². The van der Waals surface area contributed by atoms with Gasteiger partial charge in [-0.3, -0.25) is 0 Å². The zero-order chi connectivity index (χ0) is 4.83. The van der Waals surface area contributed by atoms with E-state index in [4.69, 9.17) is 4.74 Å². The van der Waals surface area contributed by atoms with Crippen molar-refractivity contribution >= 4 is 0 Å². The average molecular weight is 92.1 g/mol. The van der Waals surface area contributed by atoms with Crippen LogP contribution in [0.15, 0.2) is 12.3 Å². The largest absolute Gasteiger partial charge is 1.00 e. The van der Waals surface area contributed by atoms with E-state index in [9.17, 15) is 0 Å². The number of hydrogen-bond donors (Lipinski definition) is 0. The van der Waals surface area contributed by atoms with Crippen molar-refractivity contribution in [3.63, 3.8) is 0 Å².